The molecule has 5 heteroatoms. The van der Waals surface area contributed by atoms with Crippen LogP contribution in [0.15, 0.2) is 0 Å². The lowest BCUT2D eigenvalue weighted by molar-refractivity contribution is -0.133. The first-order chi connectivity index (χ1) is 7.15. The van der Waals surface area contributed by atoms with Crippen LogP contribution in [0.2, 0.25) is 0 Å². The van der Waals surface area contributed by atoms with Crippen LogP contribution in [0.25, 0.3) is 0 Å². The molecule has 1 fully saturated rings. The van der Waals surface area contributed by atoms with Gasteiger partial charge in [0, 0.05) is 12.6 Å². The van der Waals surface area contributed by atoms with Gasteiger partial charge in [0.2, 0.25) is 5.91 Å². The molecule has 0 aromatic rings. The molecule has 1 aliphatic carbocycles. The predicted octanol–water partition coefficient (Wildman–Crippen LogP) is 1.21. The summed E-state index contributed by atoms with van der Waals surface area (Å²) in [5.74, 6) is -0.467. The van der Waals surface area contributed by atoms with E-state index in [4.69, 9.17) is 5.11 Å². The van der Waals surface area contributed by atoms with Crippen LogP contribution in [0, 0.1) is 0 Å². The number of aliphatic carboxylic acids is 1. The van der Waals surface area contributed by atoms with E-state index in [9.17, 15) is 9.59 Å². The first-order valence-electron chi connectivity index (χ1n) is 5.24. The fourth-order valence-corrected chi connectivity index (χ4v) is 2.06. The fourth-order valence-electron chi connectivity index (χ4n) is 1.45. The summed E-state index contributed by atoms with van der Waals surface area (Å²) in [5, 5.41) is 8.44. The Balaban J connectivity index is 2.25. The average Bonchev–Trinajstić information content (AvgIpc) is 2.96. The van der Waals surface area contributed by atoms with Gasteiger partial charge in [0.25, 0.3) is 0 Å². The van der Waals surface area contributed by atoms with Gasteiger partial charge in [-0.25, -0.2) is 0 Å². The summed E-state index contributed by atoms with van der Waals surface area (Å²) >= 11 is 1.18. The smallest absolute Gasteiger partial charge is 0.313 e. The molecule has 1 aliphatic rings. The second-order valence-corrected chi connectivity index (χ2v) is 4.69. The Hall–Kier alpha value is -0.710. The van der Waals surface area contributed by atoms with Crippen LogP contribution in [0.4, 0.5) is 0 Å². The third-order valence-corrected chi connectivity index (χ3v) is 3.13. The Morgan fingerprint density at radius 3 is 2.53 bits per heavy atom. The molecule has 1 rings (SSSR count). The number of rotatable bonds is 7. The lowest BCUT2D eigenvalue weighted by Crippen LogP contribution is -2.35. The SMILES string of the molecule is CCCN(C(=O)CSCC(=O)O)C1CC1. The molecule has 1 amide bonds. The number of thioether (sulfide) groups is 1. The highest BCUT2D eigenvalue weighted by Crippen LogP contribution is 2.27. The molecule has 0 spiro atoms. The predicted molar refractivity (Wildman–Crippen MR) is 60.0 cm³/mol. The number of hydrogen-bond acceptors (Lipinski definition) is 3. The summed E-state index contributed by atoms with van der Waals surface area (Å²) in [4.78, 5) is 23.9. The van der Waals surface area contributed by atoms with Gasteiger partial charge in [-0.3, -0.25) is 9.59 Å². The molecule has 0 aromatic carbocycles. The summed E-state index contributed by atoms with van der Waals surface area (Å²) in [7, 11) is 0. The zero-order valence-corrected chi connectivity index (χ0v) is 9.76. The maximum Gasteiger partial charge on any atom is 0.313 e. The highest BCUT2D eigenvalue weighted by molar-refractivity contribution is 8.00. The first-order valence-corrected chi connectivity index (χ1v) is 6.39. The molecule has 0 atom stereocenters. The molecule has 1 saturated carbocycles. The zero-order valence-electron chi connectivity index (χ0n) is 8.94. The minimum Gasteiger partial charge on any atom is -0.481 e. The summed E-state index contributed by atoms with van der Waals surface area (Å²) in [6, 6.07) is 0.433. The van der Waals surface area contributed by atoms with E-state index < -0.39 is 5.97 Å². The van der Waals surface area contributed by atoms with E-state index in [1.54, 1.807) is 0 Å². The van der Waals surface area contributed by atoms with Gasteiger partial charge in [-0.2, -0.15) is 0 Å². The zero-order chi connectivity index (χ0) is 11.3. The van der Waals surface area contributed by atoms with Crippen LogP contribution in [0.1, 0.15) is 26.2 Å². The molecule has 0 aliphatic heterocycles. The van der Waals surface area contributed by atoms with E-state index >= 15 is 0 Å². The van der Waals surface area contributed by atoms with E-state index in [0.29, 0.717) is 11.8 Å². The highest BCUT2D eigenvalue weighted by atomic mass is 32.2. The van der Waals surface area contributed by atoms with Crippen molar-refractivity contribution in [3.05, 3.63) is 0 Å². The molecular formula is C10H17NO3S. The van der Waals surface area contributed by atoms with Crippen molar-refractivity contribution >= 4 is 23.6 Å². The maximum atomic E-state index is 11.7. The van der Waals surface area contributed by atoms with Gasteiger partial charge in [0.15, 0.2) is 0 Å². The van der Waals surface area contributed by atoms with Gasteiger partial charge in [-0.05, 0) is 19.3 Å². The molecular weight excluding hydrogens is 214 g/mol. The Morgan fingerprint density at radius 2 is 2.07 bits per heavy atom. The molecule has 1 N–H and O–H groups in total. The topological polar surface area (TPSA) is 57.6 Å². The Kier molecular flexibility index (Phi) is 4.94. The number of amides is 1. The van der Waals surface area contributed by atoms with Crippen LogP contribution in [0.3, 0.4) is 0 Å². The lowest BCUT2D eigenvalue weighted by Gasteiger charge is -2.21. The highest BCUT2D eigenvalue weighted by Gasteiger charge is 2.31. The molecule has 15 heavy (non-hydrogen) atoms. The average molecular weight is 231 g/mol. The summed E-state index contributed by atoms with van der Waals surface area (Å²) in [6.07, 6.45) is 3.18. The van der Waals surface area contributed by atoms with Gasteiger partial charge < -0.3 is 10.0 Å². The quantitative estimate of drug-likeness (QED) is 0.715. The molecule has 0 aromatic heterocycles. The van der Waals surface area contributed by atoms with Crippen molar-refractivity contribution < 1.29 is 14.7 Å². The standard InChI is InChI=1S/C10H17NO3S/c1-2-5-11(8-3-4-8)9(12)6-15-7-10(13)14/h8H,2-7H2,1H3,(H,13,14). The second-order valence-electron chi connectivity index (χ2n) is 3.70. The monoisotopic (exact) mass is 231 g/mol. The number of carboxylic acid groups (broad SMARTS) is 1. The molecule has 0 radical (unpaired) electrons. The van der Waals surface area contributed by atoms with Crippen molar-refractivity contribution in [1.82, 2.24) is 4.90 Å². The minimum absolute atomic E-state index is 0.0103. The summed E-state index contributed by atoms with van der Waals surface area (Å²) < 4.78 is 0. The normalized spacial score (nSPS) is 15.0. The van der Waals surface area contributed by atoms with E-state index in [2.05, 4.69) is 0 Å². The molecule has 0 saturated heterocycles. The number of nitrogens with zero attached hydrogens (tertiary/aromatic N) is 1. The van der Waals surface area contributed by atoms with E-state index in [1.165, 1.54) is 11.8 Å². The van der Waals surface area contributed by atoms with Crippen molar-refractivity contribution in [2.75, 3.05) is 18.1 Å². The Labute approximate surface area is 94.0 Å². The molecule has 0 bridgehead atoms. The molecule has 0 unspecified atom stereocenters. The first kappa shape index (κ1) is 12.4. The summed E-state index contributed by atoms with van der Waals surface area (Å²) in [5.41, 5.74) is 0. The van der Waals surface area contributed by atoms with Crippen molar-refractivity contribution in [1.29, 1.82) is 0 Å². The third-order valence-electron chi connectivity index (χ3n) is 2.22. The van der Waals surface area contributed by atoms with Gasteiger partial charge in [-0.15, -0.1) is 11.8 Å². The van der Waals surface area contributed by atoms with Crippen molar-refractivity contribution in [2.24, 2.45) is 0 Å². The van der Waals surface area contributed by atoms with Crippen molar-refractivity contribution in [2.45, 2.75) is 32.2 Å². The largest absolute Gasteiger partial charge is 0.481 e. The molecule has 86 valence electrons. The molecule has 0 heterocycles. The van der Waals surface area contributed by atoms with Crippen LogP contribution >= 0.6 is 11.8 Å². The fraction of sp³-hybridized carbons (Fsp3) is 0.800. The number of carboxylic acids is 1. The minimum atomic E-state index is -0.860. The van der Waals surface area contributed by atoms with Gasteiger partial charge in [0.1, 0.15) is 0 Å². The number of carbonyl (C=O) groups is 2. The second kappa shape index (κ2) is 6.00. The van der Waals surface area contributed by atoms with Crippen molar-refractivity contribution in [3.8, 4) is 0 Å². The van der Waals surface area contributed by atoms with Gasteiger partial charge in [-0.1, -0.05) is 6.92 Å². The third kappa shape index (κ3) is 4.55. The van der Waals surface area contributed by atoms with E-state index in [-0.39, 0.29) is 11.7 Å². The number of hydrogen-bond donors (Lipinski definition) is 1. The van der Waals surface area contributed by atoms with Crippen LogP contribution < -0.4 is 0 Å². The lowest BCUT2D eigenvalue weighted by atomic mass is 10.4. The van der Waals surface area contributed by atoms with Crippen LogP contribution in [0.5, 0.6) is 0 Å². The molecule has 4 nitrogen and oxygen atoms in total. The summed E-state index contributed by atoms with van der Waals surface area (Å²) in [6.45, 7) is 2.85. The maximum absolute atomic E-state index is 11.7. The van der Waals surface area contributed by atoms with Gasteiger partial charge >= 0.3 is 5.97 Å². The van der Waals surface area contributed by atoms with Crippen molar-refractivity contribution in [3.63, 3.8) is 0 Å². The van der Waals surface area contributed by atoms with E-state index in [1.807, 2.05) is 11.8 Å². The number of carbonyl (C=O) groups excluding carboxylic acids is 1. The Bertz CT molecular complexity index is 241. The van der Waals surface area contributed by atoms with Crippen LogP contribution in [-0.4, -0.2) is 46.0 Å². The van der Waals surface area contributed by atoms with Gasteiger partial charge in [0.05, 0.1) is 11.5 Å². The van der Waals surface area contributed by atoms with E-state index in [0.717, 1.165) is 25.8 Å². The Morgan fingerprint density at radius 1 is 1.40 bits per heavy atom. The van der Waals surface area contributed by atoms with Crippen LogP contribution in [-0.2, 0) is 9.59 Å².